The van der Waals surface area contributed by atoms with Crippen LogP contribution < -0.4 is 0 Å². The average Bonchev–Trinajstić information content (AvgIpc) is 2.09. The molecule has 0 aliphatic carbocycles. The second kappa shape index (κ2) is 5.86. The van der Waals surface area contributed by atoms with Crippen molar-refractivity contribution >= 4 is 36.4 Å². The third-order valence-corrected chi connectivity index (χ3v) is 16.2. The van der Waals surface area contributed by atoms with E-state index in [4.69, 9.17) is 16.5 Å². The maximum absolute atomic E-state index is 12.3. The molecule has 18 heavy (non-hydrogen) atoms. The molecule has 0 atom stereocenters. The van der Waals surface area contributed by atoms with E-state index in [9.17, 15) is 13.2 Å². The minimum absolute atomic E-state index is 0.0787. The van der Waals surface area contributed by atoms with Crippen LogP contribution >= 0.6 is 0 Å². The van der Waals surface area contributed by atoms with Crippen LogP contribution in [-0.4, -0.2) is 42.6 Å². The highest BCUT2D eigenvalue weighted by Crippen LogP contribution is 2.26. The summed E-state index contributed by atoms with van der Waals surface area (Å²) < 4.78 is 59.5. The van der Waals surface area contributed by atoms with Gasteiger partial charge in [0.15, 0.2) is 0 Å². The van der Waals surface area contributed by atoms with Gasteiger partial charge in [-0.25, -0.2) is 0 Å². The largest absolute Gasteiger partial charge is 0.420 e. The van der Waals surface area contributed by atoms with E-state index in [-0.39, 0.29) is 6.04 Å². The Morgan fingerprint density at radius 2 is 1.44 bits per heavy atom. The third-order valence-electron chi connectivity index (χ3n) is 2.31. The Morgan fingerprint density at radius 3 is 1.83 bits per heavy atom. The van der Waals surface area contributed by atoms with Gasteiger partial charge in [0.1, 0.15) is 0 Å². The van der Waals surface area contributed by atoms with Gasteiger partial charge in [-0.1, -0.05) is 0 Å². The van der Waals surface area contributed by atoms with Gasteiger partial charge in [0, 0.05) is 6.42 Å². The molecule has 1 aliphatic rings. The SMILES string of the molecule is C[Si]1(C)O[SiH2]O[Si](C)(C)O[SiH](CCC(F)(F)F)O1. The minimum atomic E-state index is -4.17. The summed E-state index contributed by atoms with van der Waals surface area (Å²) in [6.45, 7) is 7.28. The Bertz CT molecular complexity index is 268. The maximum atomic E-state index is 12.3. The van der Waals surface area contributed by atoms with E-state index in [1.807, 2.05) is 26.2 Å². The molecule has 0 radical (unpaired) electrons. The van der Waals surface area contributed by atoms with E-state index in [1.54, 1.807) is 0 Å². The van der Waals surface area contributed by atoms with Crippen molar-refractivity contribution < 1.29 is 29.6 Å². The van der Waals surface area contributed by atoms with Gasteiger partial charge in [-0.3, -0.25) is 0 Å². The van der Waals surface area contributed by atoms with E-state index in [2.05, 4.69) is 0 Å². The molecule has 1 saturated heterocycles. The summed E-state index contributed by atoms with van der Waals surface area (Å²) in [5, 5.41) is 0. The zero-order chi connectivity index (χ0) is 14.0. The standard InChI is InChI=1S/C7H19F3O4Si4/c1-17(2)11-15-12-18(3,4)14-16(13-17)6-5-7(8,9)10/h16H,5-6,15H2,1-4H3. The highest BCUT2D eigenvalue weighted by Gasteiger charge is 2.40. The molecule has 0 saturated carbocycles. The highest BCUT2D eigenvalue weighted by molar-refractivity contribution is 6.82. The van der Waals surface area contributed by atoms with Crippen molar-refractivity contribution in [2.75, 3.05) is 0 Å². The zero-order valence-electron chi connectivity index (χ0n) is 11.0. The Kier molecular flexibility index (Phi) is 5.39. The van der Waals surface area contributed by atoms with Crippen molar-refractivity contribution in [1.29, 1.82) is 0 Å². The van der Waals surface area contributed by atoms with Crippen molar-refractivity contribution in [3.05, 3.63) is 0 Å². The van der Waals surface area contributed by atoms with Crippen LogP contribution in [0.3, 0.4) is 0 Å². The van der Waals surface area contributed by atoms with Crippen LogP contribution in [0.2, 0.25) is 32.2 Å². The molecule has 0 amide bonds. The molecule has 0 unspecified atom stereocenters. The number of rotatable bonds is 2. The fourth-order valence-corrected chi connectivity index (χ4v) is 13.4. The van der Waals surface area contributed by atoms with Crippen molar-refractivity contribution in [3.63, 3.8) is 0 Å². The molecule has 0 aromatic rings. The monoisotopic (exact) mass is 336 g/mol. The third kappa shape index (κ3) is 6.60. The van der Waals surface area contributed by atoms with Crippen LogP contribution in [0.4, 0.5) is 13.2 Å². The van der Waals surface area contributed by atoms with Gasteiger partial charge >= 0.3 is 32.6 Å². The lowest BCUT2D eigenvalue weighted by atomic mass is 10.5. The summed E-state index contributed by atoms with van der Waals surface area (Å²) >= 11 is 0. The molecule has 11 heteroatoms. The van der Waals surface area contributed by atoms with Crippen LogP contribution in [0.1, 0.15) is 6.42 Å². The Labute approximate surface area is 111 Å². The van der Waals surface area contributed by atoms with Crippen molar-refractivity contribution in [2.24, 2.45) is 0 Å². The molecule has 108 valence electrons. The molecular weight excluding hydrogens is 317 g/mol. The van der Waals surface area contributed by atoms with Gasteiger partial charge in [-0.15, -0.1) is 0 Å². The second-order valence-electron chi connectivity index (χ2n) is 5.03. The van der Waals surface area contributed by atoms with Crippen LogP contribution in [0, 0.1) is 0 Å². The normalized spacial score (nSPS) is 29.8. The van der Waals surface area contributed by atoms with Crippen LogP contribution in [0.5, 0.6) is 0 Å². The molecule has 4 nitrogen and oxygen atoms in total. The first kappa shape index (κ1) is 16.6. The van der Waals surface area contributed by atoms with Crippen molar-refractivity contribution in [3.8, 4) is 0 Å². The predicted octanol–water partition coefficient (Wildman–Crippen LogP) is 1.64. The lowest BCUT2D eigenvalue weighted by Gasteiger charge is -2.37. The highest BCUT2D eigenvalue weighted by atomic mass is 28.5. The number of hydrogen-bond acceptors (Lipinski definition) is 4. The van der Waals surface area contributed by atoms with Gasteiger partial charge in [0.2, 0.25) is 0 Å². The van der Waals surface area contributed by atoms with E-state index in [0.29, 0.717) is 0 Å². The summed E-state index contributed by atoms with van der Waals surface area (Å²) in [6.07, 6.45) is -5.04. The lowest BCUT2D eigenvalue weighted by Crippen LogP contribution is -2.53. The summed E-state index contributed by atoms with van der Waals surface area (Å²) in [6, 6.07) is -0.0787. The van der Waals surface area contributed by atoms with E-state index >= 15 is 0 Å². The molecular formula is C7H19F3O4Si4. The smallest absolute Gasteiger partial charge is 0.389 e. The van der Waals surface area contributed by atoms with Gasteiger partial charge in [-0.05, 0) is 32.2 Å². The van der Waals surface area contributed by atoms with Crippen molar-refractivity contribution in [1.82, 2.24) is 0 Å². The van der Waals surface area contributed by atoms with Crippen molar-refractivity contribution in [2.45, 2.75) is 44.8 Å². The first-order chi connectivity index (χ1) is 7.99. The maximum Gasteiger partial charge on any atom is 0.389 e. The van der Waals surface area contributed by atoms with Gasteiger partial charge in [-0.2, -0.15) is 13.2 Å². The summed E-state index contributed by atoms with van der Waals surface area (Å²) in [7, 11) is -8.25. The molecule has 1 rings (SSSR count). The van der Waals surface area contributed by atoms with Crippen LogP contribution in [0.25, 0.3) is 0 Å². The molecule has 1 aliphatic heterocycles. The molecule has 0 N–H and O–H groups in total. The fourth-order valence-electron chi connectivity index (χ4n) is 1.44. The van der Waals surface area contributed by atoms with Gasteiger partial charge < -0.3 is 16.5 Å². The van der Waals surface area contributed by atoms with Gasteiger partial charge in [0.25, 0.3) is 10.0 Å². The predicted molar refractivity (Wildman–Crippen MR) is 70.5 cm³/mol. The molecule has 0 aromatic heterocycles. The summed E-state index contributed by atoms with van der Waals surface area (Å²) in [5.41, 5.74) is 0. The summed E-state index contributed by atoms with van der Waals surface area (Å²) in [5.74, 6) is 0. The molecule has 0 aromatic carbocycles. The molecule has 1 heterocycles. The van der Waals surface area contributed by atoms with Gasteiger partial charge in [0.05, 0.1) is 0 Å². The first-order valence-electron chi connectivity index (χ1n) is 5.69. The summed E-state index contributed by atoms with van der Waals surface area (Å²) in [4.78, 5) is 0. The Hall–Kier alpha value is 0.498. The molecule has 0 spiro atoms. The van der Waals surface area contributed by atoms with E-state index in [1.165, 1.54) is 0 Å². The zero-order valence-corrected chi connectivity index (χ0v) is 15.5. The molecule has 0 bridgehead atoms. The topological polar surface area (TPSA) is 36.9 Å². The number of hydrogen-bond donors (Lipinski definition) is 0. The first-order valence-corrected chi connectivity index (χ1v) is 14.2. The minimum Gasteiger partial charge on any atom is -0.420 e. The number of halogens is 3. The fraction of sp³-hybridized carbons (Fsp3) is 1.00. The van der Waals surface area contributed by atoms with Crippen LogP contribution in [0.15, 0.2) is 0 Å². The molecule has 1 fully saturated rings. The Balaban J connectivity index is 2.64. The average molecular weight is 337 g/mol. The number of alkyl halides is 3. The Morgan fingerprint density at radius 1 is 1.00 bits per heavy atom. The van der Waals surface area contributed by atoms with E-state index < -0.39 is 49.0 Å². The lowest BCUT2D eigenvalue weighted by molar-refractivity contribution is -0.131. The quantitative estimate of drug-likeness (QED) is 0.719. The van der Waals surface area contributed by atoms with E-state index in [0.717, 1.165) is 0 Å². The second-order valence-corrected chi connectivity index (χ2v) is 16.5. The van der Waals surface area contributed by atoms with Crippen LogP contribution in [-0.2, 0) is 16.5 Å².